The van der Waals surface area contributed by atoms with Gasteiger partial charge in [-0.3, -0.25) is 0 Å². The van der Waals surface area contributed by atoms with Crippen molar-refractivity contribution < 1.29 is 27.1 Å². The molecule has 0 amide bonds. The molecule has 0 saturated carbocycles. The zero-order valence-electron chi connectivity index (χ0n) is 12.6. The molecule has 3 aromatic rings. The van der Waals surface area contributed by atoms with E-state index in [4.69, 9.17) is 11.6 Å². The van der Waals surface area contributed by atoms with Crippen molar-refractivity contribution in [3.05, 3.63) is 60.2 Å². The van der Waals surface area contributed by atoms with E-state index >= 15 is 0 Å². The third-order valence-electron chi connectivity index (χ3n) is 3.78. The second-order valence-corrected chi connectivity index (χ2v) is 5.77. The van der Waals surface area contributed by atoms with Crippen molar-refractivity contribution in [2.75, 3.05) is 0 Å². The van der Waals surface area contributed by atoms with Crippen LogP contribution in [0, 0.1) is 0 Å². The lowest BCUT2D eigenvalue weighted by molar-refractivity contribution is -0.224. The largest absolute Gasteiger partial charge is 0.445 e. The number of hydrogen-bond donors (Lipinski definition) is 0. The molecular formula is C18H11ClF4O2. The summed E-state index contributed by atoms with van der Waals surface area (Å²) in [4.78, 5) is 11.4. The molecule has 0 bridgehead atoms. The summed E-state index contributed by atoms with van der Waals surface area (Å²) in [5.74, 6) is -1.78. The number of benzene rings is 3. The highest BCUT2D eigenvalue weighted by Crippen LogP contribution is 2.43. The van der Waals surface area contributed by atoms with Crippen LogP contribution in [0.15, 0.2) is 54.6 Å². The maximum Gasteiger partial charge on any atom is 0.429 e. The van der Waals surface area contributed by atoms with Gasteiger partial charge in [0.15, 0.2) is 0 Å². The van der Waals surface area contributed by atoms with E-state index in [0.29, 0.717) is 10.8 Å². The zero-order chi connectivity index (χ0) is 18.2. The Morgan fingerprint density at radius 2 is 1.44 bits per heavy atom. The fourth-order valence-electron chi connectivity index (χ4n) is 2.79. The maximum absolute atomic E-state index is 13.6. The first-order valence-corrected chi connectivity index (χ1v) is 7.68. The molecule has 1 unspecified atom stereocenters. The first-order chi connectivity index (χ1) is 11.8. The minimum absolute atomic E-state index is 0.244. The minimum Gasteiger partial charge on any atom is -0.445 e. The Morgan fingerprint density at radius 1 is 0.960 bits per heavy atom. The van der Waals surface area contributed by atoms with Crippen molar-refractivity contribution in [3.63, 3.8) is 0 Å². The fourth-order valence-corrected chi connectivity index (χ4v) is 2.84. The van der Waals surface area contributed by atoms with Crippen LogP contribution in [-0.2, 0) is 9.53 Å². The zero-order valence-corrected chi connectivity index (χ0v) is 13.3. The van der Waals surface area contributed by atoms with Crippen molar-refractivity contribution in [3.8, 4) is 0 Å². The Morgan fingerprint density at radius 3 is 1.88 bits per heavy atom. The van der Waals surface area contributed by atoms with Gasteiger partial charge in [0, 0.05) is 5.56 Å². The standard InChI is InChI=1S/C18H11ClF4O2/c19-16(20)17(24)25-15(18(21,22)23)14-12-7-3-1-5-10(12)9-11-6-2-4-8-13(11)14/h1-9,15-16H/t15-,16?/m1/s1. The number of halogens is 5. The summed E-state index contributed by atoms with van der Waals surface area (Å²) < 4.78 is 58.2. The SMILES string of the molecule is O=C(O[C@H](c1c2ccccc2cc2ccccc12)C(F)(F)F)C(F)Cl. The monoisotopic (exact) mass is 370 g/mol. The summed E-state index contributed by atoms with van der Waals surface area (Å²) in [6.07, 6.45) is -7.57. The van der Waals surface area contributed by atoms with Crippen molar-refractivity contribution in [1.29, 1.82) is 0 Å². The molecule has 0 spiro atoms. The highest BCUT2D eigenvalue weighted by molar-refractivity contribution is 6.28. The van der Waals surface area contributed by atoms with Gasteiger partial charge in [-0.2, -0.15) is 13.2 Å². The maximum atomic E-state index is 13.6. The Balaban J connectivity index is 2.33. The second-order valence-electron chi connectivity index (χ2n) is 5.39. The van der Waals surface area contributed by atoms with E-state index in [1.165, 1.54) is 12.1 Å². The van der Waals surface area contributed by atoms with Gasteiger partial charge >= 0.3 is 12.1 Å². The average molecular weight is 371 g/mol. The fraction of sp³-hybridized carbons (Fsp3) is 0.167. The molecule has 3 rings (SSSR count). The van der Waals surface area contributed by atoms with Gasteiger partial charge < -0.3 is 4.74 Å². The highest BCUT2D eigenvalue weighted by Gasteiger charge is 2.46. The molecule has 0 fully saturated rings. The van der Waals surface area contributed by atoms with Gasteiger partial charge in [-0.05, 0) is 27.6 Å². The van der Waals surface area contributed by atoms with Crippen LogP contribution < -0.4 is 0 Å². The van der Waals surface area contributed by atoms with E-state index in [1.807, 2.05) is 0 Å². The van der Waals surface area contributed by atoms with Gasteiger partial charge in [-0.15, -0.1) is 0 Å². The third kappa shape index (κ3) is 3.39. The van der Waals surface area contributed by atoms with Crippen LogP contribution in [0.25, 0.3) is 21.5 Å². The molecule has 25 heavy (non-hydrogen) atoms. The lowest BCUT2D eigenvalue weighted by Gasteiger charge is -2.24. The molecule has 7 heteroatoms. The highest BCUT2D eigenvalue weighted by atomic mass is 35.5. The molecule has 0 aromatic heterocycles. The van der Waals surface area contributed by atoms with Crippen LogP contribution in [-0.4, -0.2) is 17.8 Å². The lowest BCUT2D eigenvalue weighted by Crippen LogP contribution is -2.28. The van der Waals surface area contributed by atoms with Gasteiger partial charge in [-0.25, -0.2) is 9.18 Å². The number of esters is 1. The van der Waals surface area contributed by atoms with E-state index < -0.39 is 23.9 Å². The van der Waals surface area contributed by atoms with E-state index in [0.717, 1.165) is 0 Å². The van der Waals surface area contributed by atoms with E-state index in [2.05, 4.69) is 4.74 Å². The number of ether oxygens (including phenoxy) is 1. The summed E-state index contributed by atoms with van der Waals surface area (Å²) in [5.41, 5.74) is -2.92. The van der Waals surface area contributed by atoms with Crippen LogP contribution in [0.1, 0.15) is 11.7 Å². The van der Waals surface area contributed by atoms with Crippen molar-refractivity contribution in [1.82, 2.24) is 0 Å². The Labute approximate surface area is 144 Å². The minimum atomic E-state index is -4.94. The number of hydrogen-bond acceptors (Lipinski definition) is 2. The molecule has 0 aliphatic carbocycles. The predicted molar refractivity (Wildman–Crippen MR) is 87.1 cm³/mol. The Hall–Kier alpha value is -2.34. The van der Waals surface area contributed by atoms with Crippen molar-refractivity contribution in [2.45, 2.75) is 17.9 Å². The number of rotatable bonds is 3. The third-order valence-corrected chi connectivity index (χ3v) is 3.96. The van der Waals surface area contributed by atoms with Crippen LogP contribution in [0.2, 0.25) is 0 Å². The average Bonchev–Trinajstić information content (AvgIpc) is 2.56. The molecule has 2 atom stereocenters. The smallest absolute Gasteiger partial charge is 0.429 e. The van der Waals surface area contributed by atoms with Gasteiger partial charge in [0.1, 0.15) is 0 Å². The normalized spacial score (nSPS) is 14.4. The van der Waals surface area contributed by atoms with E-state index in [1.54, 1.807) is 42.5 Å². The molecule has 0 radical (unpaired) electrons. The van der Waals surface area contributed by atoms with Crippen molar-refractivity contribution in [2.24, 2.45) is 0 Å². The number of carbonyl (C=O) groups is 1. The first kappa shape index (κ1) is 17.5. The quantitative estimate of drug-likeness (QED) is 0.257. The molecule has 0 aliphatic heterocycles. The van der Waals surface area contributed by atoms with E-state index in [-0.39, 0.29) is 16.3 Å². The van der Waals surface area contributed by atoms with Gasteiger partial charge in [0.05, 0.1) is 0 Å². The predicted octanol–water partition coefficient (Wildman–Crippen LogP) is 5.67. The Kier molecular flexibility index (Phi) is 4.56. The number of fused-ring (bicyclic) bond motifs is 2. The van der Waals surface area contributed by atoms with Gasteiger partial charge in [0.25, 0.3) is 5.63 Å². The van der Waals surface area contributed by atoms with Crippen LogP contribution >= 0.6 is 11.6 Å². The van der Waals surface area contributed by atoms with Crippen LogP contribution in [0.3, 0.4) is 0 Å². The van der Waals surface area contributed by atoms with Gasteiger partial charge in [-0.1, -0.05) is 60.1 Å². The van der Waals surface area contributed by atoms with Crippen LogP contribution in [0.5, 0.6) is 0 Å². The van der Waals surface area contributed by atoms with Gasteiger partial charge in [0.2, 0.25) is 6.10 Å². The molecule has 3 aromatic carbocycles. The topological polar surface area (TPSA) is 26.3 Å². The first-order valence-electron chi connectivity index (χ1n) is 7.25. The summed E-state index contributed by atoms with van der Waals surface area (Å²) in [5, 5.41) is 1.62. The molecule has 0 heterocycles. The summed E-state index contributed by atoms with van der Waals surface area (Å²) in [6.45, 7) is 0. The Bertz CT molecular complexity index is 883. The molecular weight excluding hydrogens is 360 g/mol. The molecule has 0 aliphatic rings. The molecule has 2 nitrogen and oxygen atoms in total. The van der Waals surface area contributed by atoms with Crippen molar-refractivity contribution >= 4 is 39.1 Å². The molecule has 0 saturated heterocycles. The summed E-state index contributed by atoms with van der Waals surface area (Å²) in [6, 6.07) is 14.6. The number of alkyl halides is 5. The van der Waals surface area contributed by atoms with Crippen LogP contribution in [0.4, 0.5) is 17.6 Å². The molecule has 0 N–H and O–H groups in total. The lowest BCUT2D eigenvalue weighted by atomic mass is 9.93. The molecule has 130 valence electrons. The van der Waals surface area contributed by atoms with E-state index in [9.17, 15) is 22.4 Å². The summed E-state index contributed by atoms with van der Waals surface area (Å²) >= 11 is 4.94. The number of carbonyl (C=O) groups excluding carboxylic acids is 1. The summed E-state index contributed by atoms with van der Waals surface area (Å²) in [7, 11) is 0. The second kappa shape index (κ2) is 6.52.